The second-order valence-electron chi connectivity index (χ2n) is 6.44. The molecule has 0 N–H and O–H groups in total. The number of hydrogen-bond donors (Lipinski definition) is 0. The molecule has 0 spiro atoms. The summed E-state index contributed by atoms with van der Waals surface area (Å²) in [5, 5.41) is 1.29. The van der Waals surface area contributed by atoms with E-state index in [0.29, 0.717) is 0 Å². The molecule has 4 rings (SSSR count). The lowest BCUT2D eigenvalue weighted by molar-refractivity contribution is -0.147. The van der Waals surface area contributed by atoms with Crippen molar-refractivity contribution in [1.82, 2.24) is 4.57 Å². The zero-order chi connectivity index (χ0) is 16.5. The maximum absolute atomic E-state index is 11.6. The van der Waals surface area contributed by atoms with Crippen LogP contribution >= 0.6 is 0 Å². The number of carbonyl (C=O) groups excluding carboxylic acids is 1. The number of fused-ring (bicyclic) bond motifs is 3. The van der Waals surface area contributed by atoms with Crippen molar-refractivity contribution in [1.29, 1.82) is 0 Å². The first-order valence-corrected chi connectivity index (χ1v) is 8.55. The van der Waals surface area contributed by atoms with E-state index in [2.05, 4.69) is 53.1 Å². The number of nitrogens with zero attached hydrogens (tertiary/aromatic N) is 1. The number of hydrogen-bond acceptors (Lipinski definition) is 2. The lowest BCUT2D eigenvalue weighted by Crippen LogP contribution is -2.19. The van der Waals surface area contributed by atoms with Gasteiger partial charge in [-0.2, -0.15) is 0 Å². The Morgan fingerprint density at radius 1 is 1.12 bits per heavy atom. The summed E-state index contributed by atoms with van der Waals surface area (Å²) in [5.74, 6) is -0.204. The number of aromatic nitrogens is 1. The summed E-state index contributed by atoms with van der Waals surface area (Å²) in [7, 11) is 0. The molecule has 3 aromatic rings. The zero-order valence-corrected chi connectivity index (χ0v) is 13.9. The van der Waals surface area contributed by atoms with Crippen LogP contribution in [0.15, 0.2) is 54.6 Å². The van der Waals surface area contributed by atoms with Gasteiger partial charge in [0.05, 0.1) is 5.69 Å². The van der Waals surface area contributed by atoms with Crippen LogP contribution in [0.1, 0.15) is 42.7 Å². The number of benzene rings is 2. The second kappa shape index (κ2) is 6.16. The van der Waals surface area contributed by atoms with Crippen molar-refractivity contribution in [3.8, 4) is 0 Å². The average Bonchev–Trinajstić information content (AvgIpc) is 2.91. The molecule has 0 aliphatic heterocycles. The van der Waals surface area contributed by atoms with Crippen molar-refractivity contribution in [2.24, 2.45) is 0 Å². The van der Waals surface area contributed by atoms with Crippen molar-refractivity contribution >= 4 is 16.9 Å². The Balaban J connectivity index is 1.89. The molecule has 0 bridgehead atoms. The van der Waals surface area contributed by atoms with Crippen molar-refractivity contribution in [3.63, 3.8) is 0 Å². The molecule has 1 aliphatic carbocycles. The molecular weight excluding hydrogens is 298 g/mol. The van der Waals surface area contributed by atoms with Gasteiger partial charge in [-0.15, -0.1) is 0 Å². The number of aryl methyl sites for hydroxylation is 1. The fourth-order valence-corrected chi connectivity index (χ4v) is 3.88. The zero-order valence-electron chi connectivity index (χ0n) is 13.9. The van der Waals surface area contributed by atoms with Gasteiger partial charge in [0.2, 0.25) is 0 Å². The molecule has 0 radical (unpaired) electrons. The number of para-hydroxylation sites is 1. The summed E-state index contributed by atoms with van der Waals surface area (Å²) in [6.07, 6.45) is 2.87. The SMILES string of the molecule is CC(=O)OC1CCCc2c1n(Cc1ccccc1)c1ccccc21. The molecule has 1 unspecified atom stereocenters. The fourth-order valence-electron chi connectivity index (χ4n) is 3.88. The second-order valence-corrected chi connectivity index (χ2v) is 6.44. The minimum absolute atomic E-state index is 0.137. The molecule has 0 fully saturated rings. The highest BCUT2D eigenvalue weighted by Crippen LogP contribution is 2.39. The van der Waals surface area contributed by atoms with Crippen LogP contribution in [0, 0.1) is 0 Å². The highest BCUT2D eigenvalue weighted by molar-refractivity contribution is 5.86. The maximum atomic E-state index is 11.6. The summed E-state index contributed by atoms with van der Waals surface area (Å²) in [5.41, 5.74) is 5.01. The molecule has 0 saturated heterocycles. The summed E-state index contributed by atoms with van der Waals surface area (Å²) in [6.45, 7) is 2.30. The smallest absolute Gasteiger partial charge is 0.303 e. The van der Waals surface area contributed by atoms with Crippen molar-refractivity contribution in [2.75, 3.05) is 0 Å². The van der Waals surface area contributed by atoms with Crippen molar-refractivity contribution in [2.45, 2.75) is 38.8 Å². The first kappa shape index (κ1) is 15.0. The molecule has 1 aromatic heterocycles. The Hall–Kier alpha value is -2.55. The average molecular weight is 319 g/mol. The molecule has 1 aliphatic rings. The van der Waals surface area contributed by atoms with Crippen LogP contribution in [-0.2, 0) is 22.5 Å². The number of carbonyl (C=O) groups is 1. The van der Waals surface area contributed by atoms with E-state index < -0.39 is 0 Å². The van der Waals surface area contributed by atoms with E-state index in [9.17, 15) is 4.79 Å². The van der Waals surface area contributed by atoms with Crippen molar-refractivity contribution < 1.29 is 9.53 Å². The van der Waals surface area contributed by atoms with E-state index in [1.54, 1.807) is 0 Å². The Bertz CT molecular complexity index is 879. The standard InChI is InChI=1S/C21H21NO2/c1-15(23)24-20-13-7-11-18-17-10-5-6-12-19(17)22(21(18)20)14-16-8-3-2-4-9-16/h2-6,8-10,12,20H,7,11,13-14H2,1H3. The van der Waals surface area contributed by atoms with Gasteiger partial charge >= 0.3 is 5.97 Å². The number of esters is 1. The van der Waals surface area contributed by atoms with Crippen LogP contribution in [0.4, 0.5) is 0 Å². The largest absolute Gasteiger partial charge is 0.456 e. The van der Waals surface area contributed by atoms with Crippen LogP contribution in [0.2, 0.25) is 0 Å². The third kappa shape index (κ3) is 2.60. The van der Waals surface area contributed by atoms with E-state index in [1.807, 2.05) is 6.07 Å². The summed E-state index contributed by atoms with van der Waals surface area (Å²) < 4.78 is 8.01. The van der Waals surface area contributed by atoms with E-state index in [4.69, 9.17) is 4.74 Å². The van der Waals surface area contributed by atoms with Crippen LogP contribution in [0.25, 0.3) is 10.9 Å². The third-order valence-corrected chi connectivity index (χ3v) is 4.81. The van der Waals surface area contributed by atoms with Gasteiger partial charge in [-0.25, -0.2) is 0 Å². The van der Waals surface area contributed by atoms with E-state index in [1.165, 1.54) is 34.6 Å². The molecule has 1 heterocycles. The van der Waals surface area contributed by atoms with Crippen LogP contribution in [-0.4, -0.2) is 10.5 Å². The number of rotatable bonds is 3. The van der Waals surface area contributed by atoms with Crippen LogP contribution in [0.3, 0.4) is 0 Å². The summed E-state index contributed by atoms with van der Waals surface area (Å²) >= 11 is 0. The van der Waals surface area contributed by atoms with Crippen LogP contribution < -0.4 is 0 Å². The van der Waals surface area contributed by atoms with Gasteiger partial charge in [-0.3, -0.25) is 4.79 Å². The van der Waals surface area contributed by atoms with E-state index in [-0.39, 0.29) is 12.1 Å². The fraction of sp³-hybridized carbons (Fsp3) is 0.286. The normalized spacial score (nSPS) is 16.8. The predicted molar refractivity (Wildman–Crippen MR) is 94.9 cm³/mol. The molecule has 122 valence electrons. The molecule has 0 saturated carbocycles. The Morgan fingerprint density at radius 2 is 1.88 bits per heavy atom. The van der Waals surface area contributed by atoms with Gasteiger partial charge in [0.15, 0.2) is 0 Å². The molecule has 3 nitrogen and oxygen atoms in total. The topological polar surface area (TPSA) is 31.2 Å². The summed E-state index contributed by atoms with van der Waals surface area (Å²) in [6, 6.07) is 19.0. The Morgan fingerprint density at radius 3 is 2.67 bits per heavy atom. The minimum atomic E-state index is -0.204. The van der Waals surface area contributed by atoms with Gasteiger partial charge in [0.1, 0.15) is 6.10 Å². The predicted octanol–water partition coefficient (Wildman–Crippen LogP) is 4.63. The maximum Gasteiger partial charge on any atom is 0.303 e. The van der Waals surface area contributed by atoms with Gasteiger partial charge in [0, 0.05) is 24.4 Å². The van der Waals surface area contributed by atoms with Gasteiger partial charge < -0.3 is 9.30 Å². The van der Waals surface area contributed by atoms with Gasteiger partial charge in [0.25, 0.3) is 0 Å². The number of ether oxygens (including phenoxy) is 1. The highest BCUT2D eigenvalue weighted by Gasteiger charge is 2.29. The quantitative estimate of drug-likeness (QED) is 0.659. The van der Waals surface area contributed by atoms with Crippen molar-refractivity contribution in [3.05, 3.63) is 71.4 Å². The lowest BCUT2D eigenvalue weighted by Gasteiger charge is -2.25. The van der Waals surface area contributed by atoms with Gasteiger partial charge in [-0.05, 0) is 36.5 Å². The first-order valence-electron chi connectivity index (χ1n) is 8.55. The summed E-state index contributed by atoms with van der Waals surface area (Å²) in [4.78, 5) is 11.6. The molecular formula is C21H21NO2. The molecule has 0 amide bonds. The van der Waals surface area contributed by atoms with E-state index >= 15 is 0 Å². The Kier molecular flexibility index (Phi) is 3.85. The third-order valence-electron chi connectivity index (χ3n) is 4.81. The monoisotopic (exact) mass is 319 g/mol. The lowest BCUT2D eigenvalue weighted by atomic mass is 9.93. The first-order chi connectivity index (χ1) is 11.7. The Labute approximate surface area is 141 Å². The highest BCUT2D eigenvalue weighted by atomic mass is 16.5. The molecule has 3 heteroatoms. The van der Waals surface area contributed by atoms with E-state index in [0.717, 1.165) is 25.8 Å². The molecule has 2 aromatic carbocycles. The van der Waals surface area contributed by atoms with Gasteiger partial charge in [-0.1, -0.05) is 48.5 Å². The molecule has 24 heavy (non-hydrogen) atoms. The molecule has 1 atom stereocenters. The minimum Gasteiger partial charge on any atom is -0.456 e. The van der Waals surface area contributed by atoms with Crippen LogP contribution in [0.5, 0.6) is 0 Å².